The Morgan fingerprint density at radius 3 is 2.12 bits per heavy atom. The van der Waals surface area contributed by atoms with Crippen LogP contribution in [-0.2, 0) is 9.59 Å². The summed E-state index contributed by atoms with van der Waals surface area (Å²) in [5, 5.41) is 0. The largest absolute Gasteiger partial charge is 0.334 e. The van der Waals surface area contributed by atoms with Crippen molar-refractivity contribution >= 4 is 23.6 Å². The zero-order valence-corrected chi connectivity index (χ0v) is 14.4. The highest BCUT2D eigenvalue weighted by atomic mass is 16.2. The van der Waals surface area contributed by atoms with Gasteiger partial charge in [-0.3, -0.25) is 19.3 Å². The first-order valence-corrected chi connectivity index (χ1v) is 8.83. The summed E-state index contributed by atoms with van der Waals surface area (Å²) in [6, 6.07) is 6.69. The minimum Gasteiger partial charge on any atom is -0.292 e. The van der Waals surface area contributed by atoms with Gasteiger partial charge in [0.2, 0.25) is 0 Å². The summed E-state index contributed by atoms with van der Waals surface area (Å²) < 4.78 is 0. The van der Waals surface area contributed by atoms with Gasteiger partial charge in [-0.2, -0.15) is 0 Å². The van der Waals surface area contributed by atoms with E-state index >= 15 is 0 Å². The molecular formula is C19H22N2O4. The van der Waals surface area contributed by atoms with Crippen LogP contribution >= 0.6 is 0 Å². The summed E-state index contributed by atoms with van der Waals surface area (Å²) in [4.78, 5) is 49.6. The molecule has 0 bridgehead atoms. The van der Waals surface area contributed by atoms with Crippen molar-refractivity contribution in [1.29, 1.82) is 0 Å². The summed E-state index contributed by atoms with van der Waals surface area (Å²) in [7, 11) is 0. The van der Waals surface area contributed by atoms with Crippen molar-refractivity contribution < 1.29 is 19.2 Å². The van der Waals surface area contributed by atoms with Gasteiger partial charge in [0.1, 0.15) is 0 Å². The fourth-order valence-electron chi connectivity index (χ4n) is 3.58. The van der Waals surface area contributed by atoms with Crippen LogP contribution in [0, 0.1) is 0 Å². The monoisotopic (exact) mass is 342 g/mol. The van der Waals surface area contributed by atoms with Gasteiger partial charge in [0.15, 0.2) is 5.78 Å². The second kappa shape index (κ2) is 7.17. The van der Waals surface area contributed by atoms with Crippen molar-refractivity contribution in [3.8, 4) is 0 Å². The second-order valence-corrected chi connectivity index (χ2v) is 6.60. The van der Waals surface area contributed by atoms with E-state index in [0.717, 1.165) is 9.80 Å². The van der Waals surface area contributed by atoms with Gasteiger partial charge >= 0.3 is 17.8 Å². The van der Waals surface area contributed by atoms with Crippen molar-refractivity contribution in [1.82, 2.24) is 9.80 Å². The summed E-state index contributed by atoms with van der Waals surface area (Å²) in [5.41, 5.74) is 1.68. The number of hydrogen-bond donors (Lipinski definition) is 0. The van der Waals surface area contributed by atoms with Gasteiger partial charge in [-0.15, -0.1) is 0 Å². The summed E-state index contributed by atoms with van der Waals surface area (Å²) in [5.74, 6) is -1.59. The number of nitrogens with zero attached hydrogens (tertiary/aromatic N) is 2. The molecule has 2 aliphatic rings. The van der Waals surface area contributed by atoms with Gasteiger partial charge in [0.05, 0.1) is 6.54 Å². The summed E-state index contributed by atoms with van der Waals surface area (Å²) in [6.07, 6.45) is 6.13. The van der Waals surface area contributed by atoms with E-state index in [4.69, 9.17) is 0 Å². The number of benzene rings is 1. The maximum absolute atomic E-state index is 12.4. The topological polar surface area (TPSA) is 74.8 Å². The summed E-state index contributed by atoms with van der Waals surface area (Å²) in [6.45, 7) is 1.32. The van der Waals surface area contributed by atoms with Crippen LogP contribution in [-0.4, -0.2) is 46.5 Å². The number of amides is 4. The number of carbonyl (C=O) groups excluding carboxylic acids is 4. The zero-order valence-electron chi connectivity index (χ0n) is 14.4. The van der Waals surface area contributed by atoms with Gasteiger partial charge < -0.3 is 0 Å². The minimum absolute atomic E-state index is 0.115. The molecule has 0 unspecified atom stereocenters. The van der Waals surface area contributed by atoms with E-state index in [9.17, 15) is 19.2 Å². The van der Waals surface area contributed by atoms with Crippen LogP contribution in [0.15, 0.2) is 24.3 Å². The highest BCUT2D eigenvalue weighted by Gasteiger charge is 2.44. The molecule has 0 radical (unpaired) electrons. The Kier molecular flexibility index (Phi) is 4.97. The first-order valence-electron chi connectivity index (χ1n) is 8.83. The van der Waals surface area contributed by atoms with Crippen LogP contribution in [0.25, 0.3) is 0 Å². The van der Waals surface area contributed by atoms with Gasteiger partial charge in [0, 0.05) is 12.1 Å². The number of rotatable bonds is 5. The third kappa shape index (κ3) is 3.34. The molecule has 6 nitrogen and oxygen atoms in total. The molecule has 25 heavy (non-hydrogen) atoms. The third-order valence-corrected chi connectivity index (χ3v) is 5.06. The molecule has 132 valence electrons. The zero-order chi connectivity index (χ0) is 18.0. The van der Waals surface area contributed by atoms with E-state index in [0.29, 0.717) is 11.5 Å². The molecule has 1 aromatic carbocycles. The van der Waals surface area contributed by atoms with Crippen molar-refractivity contribution in [2.45, 2.75) is 44.9 Å². The molecule has 1 heterocycles. The molecule has 3 rings (SSSR count). The first-order chi connectivity index (χ1) is 12.0. The maximum atomic E-state index is 12.4. The Morgan fingerprint density at radius 2 is 1.56 bits per heavy atom. The van der Waals surface area contributed by atoms with Crippen LogP contribution in [0.4, 0.5) is 4.79 Å². The first kappa shape index (κ1) is 17.3. The average molecular weight is 342 g/mol. The van der Waals surface area contributed by atoms with Gasteiger partial charge in [-0.1, -0.05) is 43.5 Å². The van der Waals surface area contributed by atoms with E-state index in [1.807, 2.05) is 12.1 Å². The van der Waals surface area contributed by atoms with Crippen molar-refractivity contribution in [3.05, 3.63) is 35.4 Å². The van der Waals surface area contributed by atoms with Crippen LogP contribution in [0.5, 0.6) is 0 Å². The fourth-order valence-corrected chi connectivity index (χ4v) is 3.58. The number of hydrogen-bond acceptors (Lipinski definition) is 4. The lowest BCUT2D eigenvalue weighted by Gasteiger charge is -2.22. The predicted octanol–water partition coefficient (Wildman–Crippen LogP) is 2.73. The highest BCUT2D eigenvalue weighted by molar-refractivity contribution is 6.45. The van der Waals surface area contributed by atoms with Crippen LogP contribution in [0.1, 0.15) is 60.9 Å². The van der Waals surface area contributed by atoms with Crippen molar-refractivity contribution in [2.75, 3.05) is 13.1 Å². The third-order valence-electron chi connectivity index (χ3n) is 5.06. The second-order valence-electron chi connectivity index (χ2n) is 6.60. The van der Waals surface area contributed by atoms with Gasteiger partial charge in [-0.05, 0) is 31.2 Å². The standard InChI is InChI=1S/C19H22N2O4/c1-2-20-17(23)18(24)21(19(20)25)12-16(22)15-10-8-14(9-11-15)13-6-4-3-5-7-13/h8-11,13H,2-7,12H2,1H3. The molecule has 2 fully saturated rings. The molecule has 0 spiro atoms. The van der Waals surface area contributed by atoms with Crippen LogP contribution < -0.4 is 0 Å². The van der Waals surface area contributed by atoms with E-state index < -0.39 is 24.4 Å². The van der Waals surface area contributed by atoms with Crippen molar-refractivity contribution in [2.24, 2.45) is 0 Å². The van der Waals surface area contributed by atoms with Crippen LogP contribution in [0.2, 0.25) is 0 Å². The highest BCUT2D eigenvalue weighted by Crippen LogP contribution is 2.32. The Balaban J connectivity index is 1.68. The normalized spacial score (nSPS) is 19.0. The summed E-state index contributed by atoms with van der Waals surface area (Å²) >= 11 is 0. The van der Waals surface area contributed by atoms with E-state index in [-0.39, 0.29) is 12.3 Å². The molecule has 0 aromatic heterocycles. The number of ketones is 1. The Bertz CT molecular complexity index is 705. The molecule has 0 N–H and O–H groups in total. The maximum Gasteiger partial charge on any atom is 0.334 e. The molecule has 4 amide bonds. The number of imide groups is 2. The Morgan fingerprint density at radius 1 is 0.960 bits per heavy atom. The lowest BCUT2D eigenvalue weighted by molar-refractivity contribution is -0.143. The van der Waals surface area contributed by atoms with Gasteiger partial charge in [-0.25, -0.2) is 9.69 Å². The molecule has 1 saturated carbocycles. The van der Waals surface area contributed by atoms with Gasteiger partial charge in [0.25, 0.3) is 0 Å². The Hall–Kier alpha value is -2.50. The molecule has 0 atom stereocenters. The molecule has 1 aliphatic heterocycles. The molecule has 1 saturated heterocycles. The lowest BCUT2D eigenvalue weighted by Crippen LogP contribution is -2.37. The fraction of sp³-hybridized carbons (Fsp3) is 0.474. The quantitative estimate of drug-likeness (QED) is 0.468. The van der Waals surface area contributed by atoms with E-state index in [2.05, 4.69) is 0 Å². The number of likely N-dealkylation sites (N-methyl/N-ethyl adjacent to an activating group) is 1. The van der Waals surface area contributed by atoms with E-state index in [1.165, 1.54) is 37.7 Å². The Labute approximate surface area is 146 Å². The molecule has 1 aromatic rings. The molecule has 1 aliphatic carbocycles. The van der Waals surface area contributed by atoms with E-state index in [1.54, 1.807) is 19.1 Å². The minimum atomic E-state index is -0.931. The van der Waals surface area contributed by atoms with Crippen LogP contribution in [0.3, 0.4) is 0 Å². The molecule has 6 heteroatoms. The average Bonchev–Trinajstić information content (AvgIpc) is 2.85. The molecular weight excluding hydrogens is 320 g/mol. The lowest BCUT2D eigenvalue weighted by atomic mass is 9.84. The predicted molar refractivity (Wildman–Crippen MR) is 91.1 cm³/mol. The smallest absolute Gasteiger partial charge is 0.292 e. The SMILES string of the molecule is CCN1C(=O)C(=O)N(CC(=O)c2ccc(C3CCCCC3)cc2)C1=O. The number of carbonyl (C=O) groups is 4. The van der Waals surface area contributed by atoms with Crippen molar-refractivity contribution in [3.63, 3.8) is 0 Å². The number of urea groups is 1. The number of Topliss-reactive ketones (excluding diaryl/α,β-unsaturated/α-hetero) is 1.